The first-order chi connectivity index (χ1) is 36.5. The lowest BCUT2D eigenvalue weighted by Gasteiger charge is -2.41. The Labute approximate surface area is 461 Å². The van der Waals surface area contributed by atoms with Crippen LogP contribution >= 0.6 is 0 Å². The van der Waals surface area contributed by atoms with Crippen LogP contribution in [-0.4, -0.2) is 95.4 Å². The fraction of sp³-hybridized carbons (Fsp3) is 0.952. The van der Waals surface area contributed by atoms with Crippen LogP contribution < -0.4 is 5.32 Å². The minimum atomic E-state index is -5.09. The molecule has 1 fully saturated rings. The van der Waals surface area contributed by atoms with Gasteiger partial charge in [-0.25, -0.2) is 4.18 Å². The third-order valence-electron chi connectivity index (χ3n) is 15.6. The number of hydrogen-bond donors (Lipinski definition) is 6. The SMILES string of the molecule is CCCCCCCCCCCCCCCCCCCC/C=C/C(O)C(COC1OC(CO)C(O)C(OS(=O)(=O)O)C1O)NC(=O)CCCCCCCCCCCCCCCCCCCCCCCCCCCCCC. The molecule has 0 saturated carbocycles. The van der Waals surface area contributed by atoms with Crippen LogP contribution in [0.2, 0.25) is 0 Å². The third kappa shape index (κ3) is 44.3. The second kappa shape index (κ2) is 52.2. The molecule has 1 aliphatic heterocycles. The standard InChI is InChI=1S/C62H121NO11S/c1-3-5-7-9-11-13-15-17-19-21-23-25-26-27-28-29-30-31-32-34-36-38-40-42-44-46-48-50-52-58(66)63-55(54-72-62-60(68)61(74-75(69,70)71)59(67)57(53-64)73-62)56(65)51-49-47-45-43-41-39-37-35-33-24-22-20-18-16-14-12-10-8-6-4-2/h49,51,55-57,59-62,64-65,67-68H,3-48,50,52-54H2,1-2H3,(H,63,66)(H,69,70,71)/b51-49+. The van der Waals surface area contributed by atoms with Crippen molar-refractivity contribution in [3.63, 3.8) is 0 Å². The molecule has 7 atom stereocenters. The van der Waals surface area contributed by atoms with E-state index in [2.05, 4.69) is 23.3 Å². The van der Waals surface area contributed by atoms with E-state index in [1.54, 1.807) is 6.08 Å². The largest absolute Gasteiger partial charge is 0.397 e. The van der Waals surface area contributed by atoms with Gasteiger partial charge >= 0.3 is 10.4 Å². The third-order valence-corrected chi connectivity index (χ3v) is 16.0. The zero-order valence-corrected chi connectivity index (χ0v) is 49.5. The van der Waals surface area contributed by atoms with E-state index in [1.807, 2.05) is 6.08 Å². The number of unbranched alkanes of at least 4 members (excludes halogenated alkanes) is 45. The Hall–Kier alpha value is -1.16. The number of nitrogens with one attached hydrogen (secondary N) is 1. The van der Waals surface area contributed by atoms with E-state index < -0.39 is 59.9 Å². The van der Waals surface area contributed by atoms with Crippen molar-refractivity contribution >= 4 is 16.3 Å². The minimum absolute atomic E-state index is 0.254. The minimum Gasteiger partial charge on any atom is -0.394 e. The second-order valence-electron chi connectivity index (χ2n) is 22.7. The molecule has 1 amide bonds. The average molecular weight is 1090 g/mol. The zero-order valence-electron chi connectivity index (χ0n) is 48.6. The molecule has 12 nitrogen and oxygen atoms in total. The smallest absolute Gasteiger partial charge is 0.394 e. The van der Waals surface area contributed by atoms with Crippen LogP contribution in [0.4, 0.5) is 0 Å². The molecular formula is C62H121NO11S. The van der Waals surface area contributed by atoms with Crippen molar-refractivity contribution < 1.29 is 51.8 Å². The van der Waals surface area contributed by atoms with Gasteiger partial charge < -0.3 is 35.2 Å². The molecular weight excluding hydrogens is 967 g/mol. The molecule has 0 aliphatic carbocycles. The summed E-state index contributed by atoms with van der Waals surface area (Å²) >= 11 is 0. The first kappa shape index (κ1) is 71.9. The molecule has 0 aromatic heterocycles. The topological polar surface area (TPSA) is 192 Å². The normalized spacial score (nSPS) is 19.1. The van der Waals surface area contributed by atoms with Gasteiger partial charge in [0.1, 0.15) is 24.4 Å². The van der Waals surface area contributed by atoms with Gasteiger partial charge in [-0.3, -0.25) is 9.35 Å². The maximum atomic E-state index is 13.2. The maximum absolute atomic E-state index is 13.2. The van der Waals surface area contributed by atoms with Crippen LogP contribution in [0.3, 0.4) is 0 Å². The van der Waals surface area contributed by atoms with Gasteiger partial charge in [-0.15, -0.1) is 0 Å². The quantitative estimate of drug-likeness (QED) is 0.0193. The summed E-state index contributed by atoms with van der Waals surface area (Å²) in [5, 5.41) is 45.1. The first-order valence-electron chi connectivity index (χ1n) is 32.1. The summed E-state index contributed by atoms with van der Waals surface area (Å²) in [6, 6.07) is -0.941. The summed E-state index contributed by atoms with van der Waals surface area (Å²) in [6.45, 7) is 3.46. The maximum Gasteiger partial charge on any atom is 0.397 e. The molecule has 1 saturated heterocycles. The Bertz CT molecular complexity index is 1370. The monoisotopic (exact) mass is 1090 g/mol. The highest BCUT2D eigenvalue weighted by atomic mass is 32.3. The van der Waals surface area contributed by atoms with E-state index in [0.717, 1.165) is 38.5 Å². The molecule has 1 aliphatic rings. The summed E-state index contributed by atoms with van der Waals surface area (Å²) < 4.78 is 47.9. The van der Waals surface area contributed by atoms with E-state index in [-0.39, 0.29) is 18.9 Å². The van der Waals surface area contributed by atoms with Gasteiger partial charge in [-0.2, -0.15) is 8.42 Å². The summed E-state index contributed by atoms with van der Waals surface area (Å²) in [7, 11) is -5.09. The van der Waals surface area contributed by atoms with Crippen LogP contribution in [0.1, 0.15) is 322 Å². The molecule has 0 bridgehead atoms. The zero-order chi connectivity index (χ0) is 54.7. The number of ether oxygens (including phenoxy) is 2. The second-order valence-corrected chi connectivity index (χ2v) is 23.8. The van der Waals surface area contributed by atoms with Crippen LogP contribution in [0.5, 0.6) is 0 Å². The molecule has 446 valence electrons. The highest BCUT2D eigenvalue weighted by Gasteiger charge is 2.48. The fourth-order valence-corrected chi connectivity index (χ4v) is 11.1. The number of amides is 1. The van der Waals surface area contributed by atoms with E-state index >= 15 is 0 Å². The van der Waals surface area contributed by atoms with Gasteiger partial charge in [0, 0.05) is 6.42 Å². The molecule has 1 heterocycles. The number of hydrogen-bond acceptors (Lipinski definition) is 10. The van der Waals surface area contributed by atoms with Crippen molar-refractivity contribution in [3.05, 3.63) is 12.2 Å². The average Bonchev–Trinajstić information content (AvgIpc) is 3.39. The van der Waals surface area contributed by atoms with Gasteiger partial charge in [0.05, 0.1) is 25.4 Å². The Balaban J connectivity index is 2.28. The van der Waals surface area contributed by atoms with Crippen molar-refractivity contribution in [1.82, 2.24) is 5.32 Å². The number of aliphatic hydroxyl groups excluding tert-OH is 4. The molecule has 7 unspecified atom stereocenters. The number of rotatable bonds is 57. The molecule has 1 rings (SSSR count). The van der Waals surface area contributed by atoms with Crippen LogP contribution in [-0.2, 0) is 28.9 Å². The van der Waals surface area contributed by atoms with Gasteiger partial charge in [0.25, 0.3) is 0 Å². The molecule has 0 spiro atoms. The molecule has 0 aromatic carbocycles. The van der Waals surface area contributed by atoms with E-state index in [0.29, 0.717) is 6.42 Å². The summed E-state index contributed by atoms with van der Waals surface area (Å²) in [5.41, 5.74) is 0. The van der Waals surface area contributed by atoms with Crippen molar-refractivity contribution in [2.75, 3.05) is 13.2 Å². The molecule has 13 heteroatoms. The number of carbonyl (C=O) groups is 1. The lowest BCUT2D eigenvalue weighted by Crippen LogP contribution is -2.61. The highest BCUT2D eigenvalue weighted by molar-refractivity contribution is 7.80. The predicted octanol–water partition coefficient (Wildman–Crippen LogP) is 15.8. The molecule has 75 heavy (non-hydrogen) atoms. The van der Waals surface area contributed by atoms with Crippen LogP contribution in [0.25, 0.3) is 0 Å². The number of carbonyl (C=O) groups excluding carboxylic acids is 1. The van der Waals surface area contributed by atoms with E-state index in [4.69, 9.17) is 9.47 Å². The van der Waals surface area contributed by atoms with Crippen molar-refractivity contribution in [2.24, 2.45) is 0 Å². The predicted molar refractivity (Wildman–Crippen MR) is 310 cm³/mol. The first-order valence-corrected chi connectivity index (χ1v) is 33.4. The van der Waals surface area contributed by atoms with E-state index in [1.165, 1.54) is 257 Å². The van der Waals surface area contributed by atoms with Crippen LogP contribution in [0, 0.1) is 0 Å². The summed E-state index contributed by atoms with van der Waals surface area (Å²) in [5.74, 6) is -0.254. The van der Waals surface area contributed by atoms with Gasteiger partial charge in [0.2, 0.25) is 5.91 Å². The van der Waals surface area contributed by atoms with Crippen molar-refractivity contribution in [3.8, 4) is 0 Å². The molecule has 0 aromatic rings. The van der Waals surface area contributed by atoms with Gasteiger partial charge in [-0.05, 0) is 19.3 Å². The lowest BCUT2D eigenvalue weighted by atomic mass is 9.99. The highest BCUT2D eigenvalue weighted by Crippen LogP contribution is 2.26. The van der Waals surface area contributed by atoms with Gasteiger partial charge in [-0.1, -0.05) is 309 Å². The number of allylic oxidation sites excluding steroid dienone is 1. The fourth-order valence-electron chi connectivity index (χ4n) is 10.6. The van der Waals surface area contributed by atoms with Gasteiger partial charge in [0.15, 0.2) is 6.29 Å². The summed E-state index contributed by atoms with van der Waals surface area (Å²) in [6.07, 6.45) is 55.6. The summed E-state index contributed by atoms with van der Waals surface area (Å²) in [4.78, 5) is 13.2. The Morgan fingerprint density at radius 3 is 1.16 bits per heavy atom. The molecule has 6 N–H and O–H groups in total. The lowest BCUT2D eigenvalue weighted by molar-refractivity contribution is -0.298. The Morgan fingerprint density at radius 1 is 0.520 bits per heavy atom. The Morgan fingerprint density at radius 2 is 0.840 bits per heavy atom. The van der Waals surface area contributed by atoms with Crippen LogP contribution in [0.15, 0.2) is 12.2 Å². The number of aliphatic hydroxyl groups is 4. The Kier molecular flexibility index (Phi) is 50.0. The van der Waals surface area contributed by atoms with Crippen molar-refractivity contribution in [1.29, 1.82) is 0 Å². The van der Waals surface area contributed by atoms with Crippen molar-refractivity contribution in [2.45, 2.75) is 365 Å². The molecule has 0 radical (unpaired) electrons. The van der Waals surface area contributed by atoms with E-state index in [9.17, 15) is 38.2 Å².